The number of hydrogen-bond acceptors (Lipinski definition) is 8. The largest absolute Gasteiger partial charge is 0.497 e. The van der Waals surface area contributed by atoms with Crippen molar-refractivity contribution in [2.75, 3.05) is 23.5 Å². The summed E-state index contributed by atoms with van der Waals surface area (Å²) in [5.41, 5.74) is 1.84. The molecule has 28 heavy (non-hydrogen) atoms. The topological polar surface area (TPSA) is 93.2 Å². The highest BCUT2D eigenvalue weighted by Crippen LogP contribution is 2.29. The number of ether oxygens (including phenoxy) is 1. The van der Waals surface area contributed by atoms with Crippen molar-refractivity contribution in [3.63, 3.8) is 0 Å². The second-order valence-corrected chi connectivity index (χ2v) is 7.87. The molecule has 9 heteroatoms. The summed E-state index contributed by atoms with van der Waals surface area (Å²) >= 11 is 2.64. The van der Waals surface area contributed by atoms with Gasteiger partial charge in [-0.25, -0.2) is 0 Å². The molecule has 0 saturated heterocycles. The standard InChI is InChI=1S/C19H18N4O3S2/c1-12(24)15-8-3-4-9-16(15)21-17(25)11-27-19-23-22-18(28-19)20-13-6-5-7-14(10-13)26-2/h3-10H,11H2,1-2H3,(H,20,22)(H,21,25). The summed E-state index contributed by atoms with van der Waals surface area (Å²) in [5.74, 6) is 0.601. The third-order valence-electron chi connectivity index (χ3n) is 3.63. The van der Waals surface area contributed by atoms with Gasteiger partial charge in [0.05, 0.1) is 18.6 Å². The van der Waals surface area contributed by atoms with Crippen molar-refractivity contribution in [1.29, 1.82) is 0 Å². The van der Waals surface area contributed by atoms with E-state index in [1.54, 1.807) is 31.4 Å². The number of hydrogen-bond donors (Lipinski definition) is 2. The number of rotatable bonds is 8. The molecule has 0 bridgehead atoms. The Kier molecular flexibility index (Phi) is 6.62. The average Bonchev–Trinajstić information content (AvgIpc) is 3.14. The van der Waals surface area contributed by atoms with Crippen molar-refractivity contribution in [3.8, 4) is 5.75 Å². The minimum Gasteiger partial charge on any atom is -0.497 e. The number of nitrogens with one attached hydrogen (secondary N) is 2. The molecule has 1 heterocycles. The van der Waals surface area contributed by atoms with Gasteiger partial charge in [0.15, 0.2) is 10.1 Å². The smallest absolute Gasteiger partial charge is 0.234 e. The monoisotopic (exact) mass is 414 g/mol. The van der Waals surface area contributed by atoms with Crippen molar-refractivity contribution in [2.45, 2.75) is 11.3 Å². The van der Waals surface area contributed by atoms with Gasteiger partial charge < -0.3 is 15.4 Å². The average molecular weight is 415 g/mol. The molecule has 0 fully saturated rings. The lowest BCUT2D eigenvalue weighted by atomic mass is 10.1. The van der Waals surface area contributed by atoms with E-state index in [1.165, 1.54) is 30.0 Å². The normalized spacial score (nSPS) is 10.4. The van der Waals surface area contributed by atoms with Gasteiger partial charge in [-0.15, -0.1) is 10.2 Å². The van der Waals surface area contributed by atoms with Crippen LogP contribution in [-0.4, -0.2) is 34.8 Å². The summed E-state index contributed by atoms with van der Waals surface area (Å²) in [5, 5.41) is 14.7. The van der Waals surface area contributed by atoms with Crippen LogP contribution in [0, 0.1) is 0 Å². The predicted molar refractivity (Wildman–Crippen MR) is 112 cm³/mol. The Morgan fingerprint density at radius 3 is 2.75 bits per heavy atom. The summed E-state index contributed by atoms with van der Waals surface area (Å²) < 4.78 is 5.86. The van der Waals surface area contributed by atoms with Crippen molar-refractivity contribution in [2.24, 2.45) is 0 Å². The zero-order chi connectivity index (χ0) is 19.9. The van der Waals surface area contributed by atoms with Crippen molar-refractivity contribution >= 4 is 51.3 Å². The highest BCUT2D eigenvalue weighted by molar-refractivity contribution is 8.01. The Morgan fingerprint density at radius 1 is 1.14 bits per heavy atom. The Balaban J connectivity index is 1.55. The van der Waals surface area contributed by atoms with Crippen LogP contribution in [0.2, 0.25) is 0 Å². The zero-order valence-electron chi connectivity index (χ0n) is 15.3. The fraction of sp³-hybridized carbons (Fsp3) is 0.158. The van der Waals surface area contributed by atoms with Gasteiger partial charge in [0, 0.05) is 17.3 Å². The SMILES string of the molecule is COc1cccc(Nc2nnc(SCC(=O)Nc3ccccc3C(C)=O)s2)c1. The number of carbonyl (C=O) groups excluding carboxylic acids is 2. The van der Waals surface area contributed by atoms with Crippen molar-refractivity contribution < 1.29 is 14.3 Å². The molecule has 3 rings (SSSR count). The van der Waals surface area contributed by atoms with E-state index in [0.717, 1.165) is 11.4 Å². The van der Waals surface area contributed by atoms with Crippen LogP contribution in [-0.2, 0) is 4.79 Å². The number of Topliss-reactive ketones (excluding diaryl/α,β-unsaturated/α-hetero) is 1. The molecule has 0 aliphatic heterocycles. The molecule has 1 amide bonds. The van der Waals surface area contributed by atoms with Gasteiger partial charge in [-0.1, -0.05) is 41.3 Å². The number of para-hydroxylation sites is 1. The minimum atomic E-state index is -0.212. The number of ketones is 1. The number of aromatic nitrogens is 2. The van der Waals surface area contributed by atoms with Gasteiger partial charge in [0.1, 0.15) is 5.75 Å². The maximum absolute atomic E-state index is 12.2. The first kappa shape index (κ1) is 19.8. The Hall–Kier alpha value is -2.91. The van der Waals surface area contributed by atoms with Crippen LogP contribution in [0.15, 0.2) is 52.9 Å². The first-order valence-electron chi connectivity index (χ1n) is 8.32. The number of thioether (sulfide) groups is 1. The summed E-state index contributed by atoms with van der Waals surface area (Å²) in [6.45, 7) is 1.47. The van der Waals surface area contributed by atoms with E-state index < -0.39 is 0 Å². The van der Waals surface area contributed by atoms with Crippen LogP contribution in [0.3, 0.4) is 0 Å². The third kappa shape index (κ3) is 5.30. The maximum atomic E-state index is 12.2. The fourth-order valence-electron chi connectivity index (χ4n) is 2.36. The first-order chi connectivity index (χ1) is 13.5. The lowest BCUT2D eigenvalue weighted by Crippen LogP contribution is -2.16. The van der Waals surface area contributed by atoms with E-state index in [-0.39, 0.29) is 17.4 Å². The second kappa shape index (κ2) is 9.34. The molecule has 7 nitrogen and oxygen atoms in total. The van der Waals surface area contributed by atoms with E-state index >= 15 is 0 Å². The van der Waals surface area contributed by atoms with Gasteiger partial charge in [0.2, 0.25) is 11.0 Å². The molecule has 0 radical (unpaired) electrons. The number of benzene rings is 2. The Labute approximate surface area is 170 Å². The van der Waals surface area contributed by atoms with Crippen molar-refractivity contribution in [3.05, 3.63) is 54.1 Å². The summed E-state index contributed by atoms with van der Waals surface area (Å²) in [4.78, 5) is 23.8. The van der Waals surface area contributed by atoms with Gasteiger partial charge in [-0.05, 0) is 31.2 Å². The van der Waals surface area contributed by atoms with Crippen molar-refractivity contribution in [1.82, 2.24) is 10.2 Å². The Morgan fingerprint density at radius 2 is 1.96 bits per heavy atom. The van der Waals surface area contributed by atoms with Gasteiger partial charge in [-0.3, -0.25) is 9.59 Å². The quantitative estimate of drug-likeness (QED) is 0.421. The zero-order valence-corrected chi connectivity index (χ0v) is 16.9. The minimum absolute atomic E-state index is 0.0964. The molecule has 0 unspecified atom stereocenters. The maximum Gasteiger partial charge on any atom is 0.234 e. The van der Waals surface area contributed by atoms with Crippen LogP contribution in [0.1, 0.15) is 17.3 Å². The predicted octanol–water partition coefficient (Wildman–Crippen LogP) is 4.22. The molecule has 144 valence electrons. The molecule has 0 atom stereocenters. The van der Waals surface area contributed by atoms with Gasteiger partial charge >= 0.3 is 0 Å². The summed E-state index contributed by atoms with van der Waals surface area (Å²) in [6, 6.07) is 14.4. The van der Waals surface area contributed by atoms with Gasteiger partial charge in [0.25, 0.3) is 0 Å². The molecule has 1 aromatic heterocycles. The van der Waals surface area contributed by atoms with Crippen LogP contribution in [0.5, 0.6) is 5.75 Å². The number of nitrogens with zero attached hydrogens (tertiary/aromatic N) is 2. The van der Waals surface area contributed by atoms with E-state index in [1.807, 2.05) is 24.3 Å². The lowest BCUT2D eigenvalue weighted by molar-refractivity contribution is -0.113. The molecular formula is C19H18N4O3S2. The first-order valence-corrected chi connectivity index (χ1v) is 10.1. The number of anilines is 3. The van der Waals surface area contributed by atoms with E-state index in [4.69, 9.17) is 4.74 Å². The molecule has 0 spiro atoms. The summed E-state index contributed by atoms with van der Waals surface area (Å²) in [7, 11) is 1.61. The third-order valence-corrected chi connectivity index (χ3v) is 5.61. The van der Waals surface area contributed by atoms with E-state index in [9.17, 15) is 9.59 Å². The highest BCUT2D eigenvalue weighted by Gasteiger charge is 2.12. The number of carbonyl (C=O) groups is 2. The Bertz CT molecular complexity index is 991. The van der Waals surface area contributed by atoms with Crippen LogP contribution in [0.25, 0.3) is 0 Å². The molecular weight excluding hydrogens is 396 g/mol. The fourth-order valence-corrected chi connectivity index (χ4v) is 3.93. The van der Waals surface area contributed by atoms with Crippen LogP contribution < -0.4 is 15.4 Å². The summed E-state index contributed by atoms with van der Waals surface area (Å²) in [6.07, 6.45) is 0. The van der Waals surface area contributed by atoms with Gasteiger partial charge in [-0.2, -0.15) is 0 Å². The number of methoxy groups -OCH3 is 1. The highest BCUT2D eigenvalue weighted by atomic mass is 32.2. The molecule has 0 aliphatic carbocycles. The van der Waals surface area contributed by atoms with E-state index in [2.05, 4.69) is 20.8 Å². The molecule has 0 aliphatic rings. The number of amides is 1. The van der Waals surface area contributed by atoms with Crippen LogP contribution >= 0.6 is 23.1 Å². The second-order valence-electron chi connectivity index (χ2n) is 5.67. The molecule has 0 saturated carbocycles. The van der Waals surface area contributed by atoms with Crippen LogP contribution in [0.4, 0.5) is 16.5 Å². The molecule has 3 aromatic rings. The van der Waals surface area contributed by atoms with E-state index in [0.29, 0.717) is 20.7 Å². The lowest BCUT2D eigenvalue weighted by Gasteiger charge is -2.08. The molecule has 2 N–H and O–H groups in total. The molecule has 2 aromatic carbocycles.